The number of carbonyl (C=O) groups excluding carboxylic acids is 1. The summed E-state index contributed by atoms with van der Waals surface area (Å²) in [5.41, 5.74) is 5.06. The summed E-state index contributed by atoms with van der Waals surface area (Å²) in [5, 5.41) is 4.03. The number of benzene rings is 3. The van der Waals surface area contributed by atoms with Crippen molar-refractivity contribution >= 4 is 80.8 Å². The van der Waals surface area contributed by atoms with Gasteiger partial charge in [-0.3, -0.25) is 4.79 Å². The number of hydrazone groups is 1. The first-order valence-electron chi connectivity index (χ1n) is 10.6. The van der Waals surface area contributed by atoms with Gasteiger partial charge in [0.15, 0.2) is 6.61 Å². The van der Waals surface area contributed by atoms with Crippen molar-refractivity contribution in [2.75, 3.05) is 18.1 Å². The molecule has 0 saturated carbocycles. The van der Waals surface area contributed by atoms with Gasteiger partial charge in [-0.05, 0) is 86.6 Å². The van der Waals surface area contributed by atoms with E-state index in [0.29, 0.717) is 21.6 Å². The molecule has 1 N–H and O–H groups in total. The number of halogens is 3. The van der Waals surface area contributed by atoms with Gasteiger partial charge in [0.2, 0.25) is 0 Å². The van der Waals surface area contributed by atoms with Crippen molar-refractivity contribution in [3.63, 3.8) is 0 Å². The van der Waals surface area contributed by atoms with Gasteiger partial charge in [-0.25, -0.2) is 9.82 Å². The normalized spacial score (nSPS) is 13.8. The smallest absolute Gasteiger partial charge is 0.277 e. The Morgan fingerprint density at radius 1 is 1.06 bits per heavy atom. The summed E-state index contributed by atoms with van der Waals surface area (Å²) < 4.78 is 27.5. The quantitative estimate of drug-likeness (QED) is 0.152. The topological polar surface area (TPSA) is 59.9 Å². The summed E-state index contributed by atoms with van der Waals surface area (Å²) in [5.74, 6) is 3.05. The molecule has 0 aromatic heterocycles. The lowest BCUT2D eigenvalue weighted by Crippen LogP contribution is -2.24. The van der Waals surface area contributed by atoms with Crippen molar-refractivity contribution in [1.82, 2.24) is 5.43 Å². The molecular formula is C25H21FI2N2O3S2. The number of rotatable bonds is 9. The second-order valence-electron chi connectivity index (χ2n) is 7.42. The van der Waals surface area contributed by atoms with Crippen LogP contribution in [0.15, 0.2) is 65.8 Å². The Bertz CT molecular complexity index is 1180. The van der Waals surface area contributed by atoms with Crippen LogP contribution in [-0.2, 0) is 11.4 Å². The molecule has 0 radical (unpaired) electrons. The lowest BCUT2D eigenvalue weighted by molar-refractivity contribution is -0.123. The van der Waals surface area contributed by atoms with Gasteiger partial charge < -0.3 is 9.47 Å². The minimum absolute atomic E-state index is 0.124. The van der Waals surface area contributed by atoms with E-state index in [-0.39, 0.29) is 24.9 Å². The molecule has 10 heteroatoms. The number of nitrogens with one attached hydrogen (secondary N) is 1. The van der Waals surface area contributed by atoms with E-state index in [1.165, 1.54) is 23.1 Å². The molecule has 3 aromatic carbocycles. The number of carbonyl (C=O) groups is 1. The first-order chi connectivity index (χ1) is 17.0. The van der Waals surface area contributed by atoms with Crippen LogP contribution in [0.3, 0.4) is 0 Å². The molecule has 5 nitrogen and oxygen atoms in total. The fourth-order valence-electron chi connectivity index (χ4n) is 3.19. The van der Waals surface area contributed by atoms with Crippen molar-refractivity contribution in [1.29, 1.82) is 0 Å². The van der Waals surface area contributed by atoms with Crippen LogP contribution in [0.25, 0.3) is 0 Å². The minimum atomic E-state index is -0.346. The predicted molar refractivity (Wildman–Crippen MR) is 158 cm³/mol. The molecule has 0 unspecified atom stereocenters. The maximum absolute atomic E-state index is 13.8. The molecule has 1 fully saturated rings. The Hall–Kier alpha value is -1.51. The number of nitrogens with zero attached hydrogens (tertiary/aromatic N) is 1. The zero-order chi connectivity index (χ0) is 24.6. The van der Waals surface area contributed by atoms with E-state index < -0.39 is 0 Å². The number of hydrogen-bond acceptors (Lipinski definition) is 6. The highest BCUT2D eigenvalue weighted by atomic mass is 127. The Balaban J connectivity index is 1.26. The van der Waals surface area contributed by atoms with E-state index in [0.717, 1.165) is 12.7 Å². The molecule has 0 bridgehead atoms. The lowest BCUT2D eigenvalue weighted by Gasteiger charge is -2.12. The molecule has 3 aromatic rings. The molecule has 1 saturated heterocycles. The number of thioether (sulfide) groups is 2. The summed E-state index contributed by atoms with van der Waals surface area (Å²) in [6.45, 7) is 0.0188. The van der Waals surface area contributed by atoms with Crippen molar-refractivity contribution in [2.45, 2.75) is 11.2 Å². The van der Waals surface area contributed by atoms with E-state index in [4.69, 9.17) is 9.47 Å². The van der Waals surface area contributed by atoms with Gasteiger partial charge in [0.1, 0.15) is 23.9 Å². The van der Waals surface area contributed by atoms with Gasteiger partial charge in [0.25, 0.3) is 5.91 Å². The standard InChI is InChI=1S/C25H21FI2N2O3S2/c26-20-4-2-1-3-18(20)14-33-24-21(27)11-16(12-22(24)28)13-29-30-23(31)15-32-19-7-5-17(6-8-19)25-34-9-10-35-25/h1-8,11-13,25H,9-10,14-15H2,(H,30,31)/b29-13-. The molecular weight excluding hydrogens is 713 g/mol. The molecule has 0 aliphatic carbocycles. The third kappa shape index (κ3) is 7.73. The molecule has 1 amide bonds. The second kappa shape index (κ2) is 13.2. The van der Waals surface area contributed by atoms with E-state index >= 15 is 0 Å². The van der Waals surface area contributed by atoms with Crippen LogP contribution in [0, 0.1) is 13.0 Å². The van der Waals surface area contributed by atoms with E-state index in [9.17, 15) is 9.18 Å². The average molecular weight is 734 g/mol. The third-order valence-electron chi connectivity index (χ3n) is 4.90. The molecule has 0 spiro atoms. The lowest BCUT2D eigenvalue weighted by atomic mass is 10.2. The van der Waals surface area contributed by atoms with Gasteiger partial charge in [-0.1, -0.05) is 30.3 Å². The summed E-state index contributed by atoms with van der Waals surface area (Å²) in [6, 6.07) is 18.2. The monoisotopic (exact) mass is 734 g/mol. The van der Waals surface area contributed by atoms with Crippen molar-refractivity contribution in [3.8, 4) is 11.5 Å². The fraction of sp³-hybridized carbons (Fsp3) is 0.200. The molecule has 182 valence electrons. The minimum Gasteiger partial charge on any atom is -0.487 e. The third-order valence-corrected chi connectivity index (χ3v) is 9.60. The summed E-state index contributed by atoms with van der Waals surface area (Å²) in [7, 11) is 0. The van der Waals surface area contributed by atoms with Gasteiger partial charge in [-0.2, -0.15) is 5.10 Å². The molecule has 4 rings (SSSR count). The Kier molecular flexibility index (Phi) is 9.98. The van der Waals surface area contributed by atoms with E-state index in [2.05, 4.69) is 55.7 Å². The van der Waals surface area contributed by atoms with Gasteiger partial charge in [0.05, 0.1) is 17.9 Å². The predicted octanol–water partition coefficient (Wildman–Crippen LogP) is 6.62. The zero-order valence-electron chi connectivity index (χ0n) is 18.4. The van der Waals surface area contributed by atoms with Gasteiger partial charge in [0, 0.05) is 17.1 Å². The maximum Gasteiger partial charge on any atom is 0.277 e. The summed E-state index contributed by atoms with van der Waals surface area (Å²) >= 11 is 8.24. The van der Waals surface area contributed by atoms with E-state index in [1.54, 1.807) is 24.4 Å². The van der Waals surface area contributed by atoms with Crippen molar-refractivity contribution in [3.05, 3.63) is 90.3 Å². The SMILES string of the molecule is O=C(COc1ccc(C2SCCS2)cc1)N/N=C\c1cc(I)c(OCc2ccccc2F)c(I)c1. The number of hydrogen-bond donors (Lipinski definition) is 1. The Morgan fingerprint density at radius 2 is 1.74 bits per heavy atom. The van der Waals surface area contributed by atoms with Crippen molar-refractivity contribution < 1.29 is 18.7 Å². The van der Waals surface area contributed by atoms with E-state index in [1.807, 2.05) is 59.9 Å². The van der Waals surface area contributed by atoms with Crippen LogP contribution in [0.1, 0.15) is 21.3 Å². The average Bonchev–Trinajstić information content (AvgIpc) is 3.39. The largest absolute Gasteiger partial charge is 0.487 e. The Labute approximate surface area is 239 Å². The number of amides is 1. The van der Waals surface area contributed by atoms with Crippen LogP contribution in [0.2, 0.25) is 0 Å². The first kappa shape index (κ1) is 26.6. The maximum atomic E-state index is 13.8. The molecule has 1 aliphatic rings. The van der Waals surface area contributed by atoms with Gasteiger partial charge >= 0.3 is 0 Å². The van der Waals surface area contributed by atoms with Crippen LogP contribution in [0.4, 0.5) is 4.39 Å². The highest BCUT2D eigenvalue weighted by molar-refractivity contribution is 14.1. The van der Waals surface area contributed by atoms with Crippen LogP contribution >= 0.6 is 68.7 Å². The summed E-state index contributed by atoms with van der Waals surface area (Å²) in [4.78, 5) is 12.1. The van der Waals surface area contributed by atoms with Gasteiger partial charge in [-0.15, -0.1) is 23.5 Å². The van der Waals surface area contributed by atoms with Crippen LogP contribution < -0.4 is 14.9 Å². The zero-order valence-corrected chi connectivity index (χ0v) is 24.3. The number of ether oxygens (including phenoxy) is 2. The molecule has 1 aliphatic heterocycles. The molecule has 1 heterocycles. The van der Waals surface area contributed by atoms with Crippen LogP contribution in [-0.4, -0.2) is 30.2 Å². The molecule has 0 atom stereocenters. The fourth-order valence-corrected chi connectivity index (χ4v) is 8.18. The molecule has 35 heavy (non-hydrogen) atoms. The van der Waals surface area contributed by atoms with Crippen molar-refractivity contribution in [2.24, 2.45) is 5.10 Å². The highest BCUT2D eigenvalue weighted by Gasteiger charge is 2.18. The first-order valence-corrected chi connectivity index (χ1v) is 14.9. The van der Waals surface area contributed by atoms with Crippen LogP contribution in [0.5, 0.6) is 11.5 Å². The summed E-state index contributed by atoms with van der Waals surface area (Å²) in [6.07, 6.45) is 1.56. The highest BCUT2D eigenvalue weighted by Crippen LogP contribution is 2.45. The Morgan fingerprint density at radius 3 is 2.43 bits per heavy atom. The second-order valence-corrected chi connectivity index (χ2v) is 12.5.